The van der Waals surface area contributed by atoms with Gasteiger partial charge in [0.15, 0.2) is 0 Å². The van der Waals surface area contributed by atoms with E-state index < -0.39 is 0 Å². The lowest BCUT2D eigenvalue weighted by Crippen LogP contribution is -2.40. The van der Waals surface area contributed by atoms with Crippen LogP contribution in [0.4, 0.5) is 0 Å². The third-order valence-corrected chi connectivity index (χ3v) is 3.29. The third-order valence-electron chi connectivity index (χ3n) is 3.29. The second kappa shape index (κ2) is 3.78. The molecule has 0 heterocycles. The van der Waals surface area contributed by atoms with E-state index in [4.69, 9.17) is 0 Å². The van der Waals surface area contributed by atoms with Gasteiger partial charge >= 0.3 is 0 Å². The molecule has 0 aromatic heterocycles. The van der Waals surface area contributed by atoms with Gasteiger partial charge in [0.25, 0.3) is 0 Å². The molecule has 0 saturated heterocycles. The topological polar surface area (TPSA) is 12.0 Å². The Hall–Kier alpha value is -0.0400. The molecule has 12 heavy (non-hydrogen) atoms. The monoisotopic (exact) mass is 167 g/mol. The minimum absolute atomic E-state index is 0.874. The van der Waals surface area contributed by atoms with Crippen LogP contribution in [-0.4, -0.2) is 12.6 Å². The molecule has 0 spiro atoms. The number of nitrogens with one attached hydrogen (secondary N) is 1. The number of hydrogen-bond donors (Lipinski definition) is 1. The van der Waals surface area contributed by atoms with Crippen LogP contribution in [0.5, 0.6) is 0 Å². The highest BCUT2D eigenvalue weighted by molar-refractivity contribution is 4.82. The zero-order valence-electron chi connectivity index (χ0n) is 8.18. The Kier molecular flexibility index (Phi) is 2.69. The fraction of sp³-hybridized carbons (Fsp3) is 1.00. The van der Waals surface area contributed by atoms with Gasteiger partial charge in [-0.15, -0.1) is 0 Å². The lowest BCUT2D eigenvalue weighted by molar-refractivity contribution is 0.241. The molecule has 1 N–H and O–H groups in total. The van der Waals surface area contributed by atoms with Crippen molar-refractivity contribution in [2.24, 2.45) is 11.8 Å². The fourth-order valence-corrected chi connectivity index (χ4v) is 2.17. The van der Waals surface area contributed by atoms with Crippen LogP contribution in [0.25, 0.3) is 0 Å². The molecule has 2 aliphatic rings. The van der Waals surface area contributed by atoms with Gasteiger partial charge in [-0.2, -0.15) is 0 Å². The molecule has 0 atom stereocenters. The van der Waals surface area contributed by atoms with Crippen LogP contribution in [0.15, 0.2) is 0 Å². The largest absolute Gasteiger partial charge is 0.314 e. The summed E-state index contributed by atoms with van der Waals surface area (Å²) in [7, 11) is 0. The van der Waals surface area contributed by atoms with Gasteiger partial charge in [0.2, 0.25) is 0 Å². The minimum atomic E-state index is 0.874. The maximum Gasteiger partial charge on any atom is 0.00721 e. The molecular weight excluding hydrogens is 146 g/mol. The maximum atomic E-state index is 3.63. The first-order valence-electron chi connectivity index (χ1n) is 5.58. The van der Waals surface area contributed by atoms with Gasteiger partial charge in [-0.25, -0.2) is 0 Å². The smallest absolute Gasteiger partial charge is 0.00721 e. The zero-order chi connectivity index (χ0) is 8.39. The van der Waals surface area contributed by atoms with Crippen molar-refractivity contribution in [2.45, 2.75) is 51.5 Å². The Balaban J connectivity index is 1.41. The molecule has 70 valence electrons. The first-order chi connectivity index (χ1) is 5.84. The van der Waals surface area contributed by atoms with E-state index in [1.807, 2.05) is 0 Å². The Morgan fingerprint density at radius 2 is 2.00 bits per heavy atom. The van der Waals surface area contributed by atoms with Crippen LogP contribution >= 0.6 is 0 Å². The van der Waals surface area contributed by atoms with Crippen molar-refractivity contribution in [3.63, 3.8) is 0 Å². The number of hydrogen-bond acceptors (Lipinski definition) is 1. The van der Waals surface area contributed by atoms with Crippen LogP contribution < -0.4 is 5.32 Å². The standard InChI is InChI=1S/C11H21N/c1-9-7-11(8-9)12-6-2-3-10-4-5-10/h9-12H,2-8H2,1H3. The first-order valence-corrected chi connectivity index (χ1v) is 5.58. The van der Waals surface area contributed by atoms with Crippen molar-refractivity contribution in [1.29, 1.82) is 0 Å². The molecule has 0 aromatic rings. The van der Waals surface area contributed by atoms with Crippen LogP contribution in [-0.2, 0) is 0 Å². The summed E-state index contributed by atoms with van der Waals surface area (Å²) in [6, 6.07) is 0.874. The molecule has 2 rings (SSSR count). The minimum Gasteiger partial charge on any atom is -0.314 e. The van der Waals surface area contributed by atoms with E-state index in [-0.39, 0.29) is 0 Å². The SMILES string of the molecule is CC1CC(NCCCC2CC2)C1. The van der Waals surface area contributed by atoms with Crippen molar-refractivity contribution < 1.29 is 0 Å². The Morgan fingerprint density at radius 3 is 2.58 bits per heavy atom. The molecule has 1 nitrogen and oxygen atoms in total. The predicted octanol–water partition coefficient (Wildman–Crippen LogP) is 2.56. The fourth-order valence-electron chi connectivity index (χ4n) is 2.17. The first kappa shape index (κ1) is 8.55. The van der Waals surface area contributed by atoms with Crippen LogP contribution in [0, 0.1) is 11.8 Å². The quantitative estimate of drug-likeness (QED) is 0.621. The lowest BCUT2D eigenvalue weighted by Gasteiger charge is -2.33. The molecule has 1 heteroatoms. The highest BCUT2D eigenvalue weighted by Gasteiger charge is 2.24. The molecule has 0 aromatic carbocycles. The van der Waals surface area contributed by atoms with Gasteiger partial charge in [-0.05, 0) is 44.1 Å². The van der Waals surface area contributed by atoms with Crippen molar-refractivity contribution in [3.8, 4) is 0 Å². The summed E-state index contributed by atoms with van der Waals surface area (Å²) in [5, 5.41) is 3.63. The van der Waals surface area contributed by atoms with Crippen LogP contribution in [0.2, 0.25) is 0 Å². The van der Waals surface area contributed by atoms with E-state index in [1.54, 1.807) is 0 Å². The molecule has 2 aliphatic carbocycles. The summed E-state index contributed by atoms with van der Waals surface area (Å²) in [6.45, 7) is 3.62. The maximum absolute atomic E-state index is 3.63. The summed E-state index contributed by atoms with van der Waals surface area (Å²) in [5.74, 6) is 2.11. The van der Waals surface area contributed by atoms with E-state index in [0.717, 1.165) is 17.9 Å². The molecule has 0 radical (unpaired) electrons. The molecular formula is C11H21N. The summed E-state index contributed by atoms with van der Waals surface area (Å²) in [4.78, 5) is 0. The van der Waals surface area contributed by atoms with Crippen molar-refractivity contribution in [1.82, 2.24) is 5.32 Å². The molecule has 2 saturated carbocycles. The van der Waals surface area contributed by atoms with E-state index in [0.29, 0.717) is 0 Å². The van der Waals surface area contributed by atoms with E-state index in [2.05, 4.69) is 12.2 Å². The summed E-state index contributed by atoms with van der Waals surface area (Å²) in [5.41, 5.74) is 0. The lowest BCUT2D eigenvalue weighted by atomic mass is 9.82. The average molecular weight is 167 g/mol. The zero-order valence-corrected chi connectivity index (χ0v) is 8.18. The molecule has 2 fully saturated rings. The average Bonchev–Trinajstić information content (AvgIpc) is 2.77. The van der Waals surface area contributed by atoms with E-state index in [9.17, 15) is 0 Å². The van der Waals surface area contributed by atoms with Crippen LogP contribution in [0.1, 0.15) is 45.4 Å². The summed E-state index contributed by atoms with van der Waals surface area (Å²) in [6.07, 6.45) is 8.76. The highest BCUT2D eigenvalue weighted by atomic mass is 14.9. The van der Waals surface area contributed by atoms with E-state index >= 15 is 0 Å². The normalized spacial score (nSPS) is 34.8. The Labute approximate surface area is 75.9 Å². The molecule has 0 aliphatic heterocycles. The number of rotatable bonds is 5. The highest BCUT2D eigenvalue weighted by Crippen LogP contribution is 2.33. The summed E-state index contributed by atoms with van der Waals surface area (Å²) < 4.78 is 0. The Bertz CT molecular complexity index is 134. The van der Waals surface area contributed by atoms with Crippen molar-refractivity contribution in [3.05, 3.63) is 0 Å². The van der Waals surface area contributed by atoms with Crippen LogP contribution in [0.3, 0.4) is 0 Å². The predicted molar refractivity (Wildman–Crippen MR) is 52.1 cm³/mol. The van der Waals surface area contributed by atoms with Gasteiger partial charge in [0.05, 0.1) is 0 Å². The molecule has 0 amide bonds. The van der Waals surface area contributed by atoms with Gasteiger partial charge in [0, 0.05) is 6.04 Å². The van der Waals surface area contributed by atoms with Gasteiger partial charge < -0.3 is 5.32 Å². The van der Waals surface area contributed by atoms with Crippen molar-refractivity contribution in [2.75, 3.05) is 6.54 Å². The van der Waals surface area contributed by atoms with Crippen molar-refractivity contribution >= 4 is 0 Å². The van der Waals surface area contributed by atoms with Gasteiger partial charge in [-0.1, -0.05) is 19.8 Å². The Morgan fingerprint density at radius 1 is 1.25 bits per heavy atom. The molecule has 0 unspecified atom stereocenters. The van der Waals surface area contributed by atoms with E-state index in [1.165, 1.54) is 45.1 Å². The molecule has 0 bridgehead atoms. The van der Waals surface area contributed by atoms with Gasteiger partial charge in [-0.3, -0.25) is 0 Å². The second-order valence-corrected chi connectivity index (χ2v) is 4.81. The third kappa shape index (κ3) is 2.48. The second-order valence-electron chi connectivity index (χ2n) is 4.81. The summed E-state index contributed by atoms with van der Waals surface area (Å²) >= 11 is 0. The van der Waals surface area contributed by atoms with Gasteiger partial charge in [0.1, 0.15) is 0 Å².